The lowest BCUT2D eigenvalue weighted by molar-refractivity contribution is 0.140. The second kappa shape index (κ2) is 8.09. The molecule has 2 heterocycles. The number of nitrogens with one attached hydrogen (secondary N) is 1. The molecule has 0 spiro atoms. The van der Waals surface area contributed by atoms with Crippen LogP contribution in [0.1, 0.15) is 24.0 Å². The van der Waals surface area contributed by atoms with E-state index in [1.165, 1.54) is 29.7 Å². The number of urea groups is 1. The van der Waals surface area contributed by atoms with E-state index in [-0.39, 0.29) is 11.8 Å². The van der Waals surface area contributed by atoms with Gasteiger partial charge in [-0.1, -0.05) is 24.3 Å². The molecule has 2 aromatic rings. The Kier molecular flexibility index (Phi) is 5.39. The van der Waals surface area contributed by atoms with E-state index < -0.39 is 0 Å². The molecule has 0 saturated carbocycles. The number of halogens is 1. The number of carbonyl (C=O) groups excluding carboxylic acids is 1. The molecule has 0 unspecified atom stereocenters. The number of rotatable bonds is 3. The first-order valence-electron chi connectivity index (χ1n) is 9.78. The van der Waals surface area contributed by atoms with Crippen molar-refractivity contribution in [2.24, 2.45) is 5.92 Å². The Morgan fingerprint density at radius 1 is 1.07 bits per heavy atom. The number of hydrogen-bond donors (Lipinski definition) is 1. The molecule has 1 N–H and O–H groups in total. The summed E-state index contributed by atoms with van der Waals surface area (Å²) in [5, 5.41) is 2.88. The highest BCUT2D eigenvalue weighted by Crippen LogP contribution is 2.23. The molecule has 1 atom stereocenters. The van der Waals surface area contributed by atoms with E-state index in [9.17, 15) is 9.18 Å². The smallest absolute Gasteiger partial charge is 0.321 e. The van der Waals surface area contributed by atoms with Gasteiger partial charge in [-0.2, -0.15) is 0 Å². The van der Waals surface area contributed by atoms with Crippen molar-refractivity contribution in [2.45, 2.75) is 25.8 Å². The van der Waals surface area contributed by atoms with Crippen molar-refractivity contribution in [1.29, 1.82) is 0 Å². The Bertz CT molecular complexity index is 792. The standard InChI is InChI=1S/C22H26FN3O/c23-20-7-9-21(10-8-20)24-22(27)26-12-3-4-17(15-26)14-25-13-11-18-5-1-2-6-19(18)16-25/h1-2,5-10,17H,3-4,11-16H2,(H,24,27)/t17-/m1/s1. The number of nitrogens with zero attached hydrogens (tertiary/aromatic N) is 2. The SMILES string of the molecule is O=C(Nc1ccc(F)cc1)N1CCC[C@H](CN2CCc3ccccc3C2)C1. The number of benzene rings is 2. The summed E-state index contributed by atoms with van der Waals surface area (Å²) in [4.78, 5) is 17.0. The van der Waals surface area contributed by atoms with Crippen LogP contribution in [0, 0.1) is 11.7 Å². The zero-order chi connectivity index (χ0) is 18.6. The van der Waals surface area contributed by atoms with E-state index in [0.29, 0.717) is 11.6 Å². The van der Waals surface area contributed by atoms with Gasteiger partial charge in [0.15, 0.2) is 0 Å². The molecule has 4 nitrogen and oxygen atoms in total. The van der Waals surface area contributed by atoms with Crippen LogP contribution in [-0.2, 0) is 13.0 Å². The highest BCUT2D eigenvalue weighted by Gasteiger charge is 2.26. The Labute approximate surface area is 160 Å². The third-order valence-corrected chi connectivity index (χ3v) is 5.63. The van der Waals surface area contributed by atoms with E-state index in [4.69, 9.17) is 0 Å². The van der Waals surface area contributed by atoms with E-state index in [2.05, 4.69) is 34.5 Å². The van der Waals surface area contributed by atoms with Crippen LogP contribution in [0.4, 0.5) is 14.9 Å². The maximum Gasteiger partial charge on any atom is 0.321 e. The van der Waals surface area contributed by atoms with Crippen molar-refractivity contribution >= 4 is 11.7 Å². The number of amides is 2. The van der Waals surface area contributed by atoms with Crippen LogP contribution in [0.25, 0.3) is 0 Å². The highest BCUT2D eigenvalue weighted by atomic mass is 19.1. The van der Waals surface area contributed by atoms with E-state index in [1.54, 1.807) is 12.1 Å². The van der Waals surface area contributed by atoms with Gasteiger partial charge >= 0.3 is 6.03 Å². The minimum absolute atomic E-state index is 0.0877. The van der Waals surface area contributed by atoms with Gasteiger partial charge in [0, 0.05) is 38.4 Å². The van der Waals surface area contributed by atoms with Crippen LogP contribution < -0.4 is 5.32 Å². The lowest BCUT2D eigenvalue weighted by Crippen LogP contribution is -2.46. The van der Waals surface area contributed by atoms with Crippen molar-refractivity contribution < 1.29 is 9.18 Å². The first-order valence-corrected chi connectivity index (χ1v) is 9.78. The first kappa shape index (κ1) is 18.0. The number of hydrogen-bond acceptors (Lipinski definition) is 2. The van der Waals surface area contributed by atoms with E-state index in [0.717, 1.165) is 45.6 Å². The number of likely N-dealkylation sites (tertiary alicyclic amines) is 1. The van der Waals surface area contributed by atoms with E-state index in [1.807, 2.05) is 4.90 Å². The molecule has 2 amide bonds. The topological polar surface area (TPSA) is 35.6 Å². The Hall–Kier alpha value is -2.40. The average molecular weight is 367 g/mol. The minimum atomic E-state index is -0.297. The van der Waals surface area contributed by atoms with Crippen molar-refractivity contribution in [1.82, 2.24) is 9.80 Å². The Balaban J connectivity index is 1.31. The molecule has 1 saturated heterocycles. The number of piperidine rings is 1. The molecule has 142 valence electrons. The maximum atomic E-state index is 13.0. The minimum Gasteiger partial charge on any atom is -0.324 e. The fraction of sp³-hybridized carbons (Fsp3) is 0.409. The number of carbonyl (C=O) groups is 1. The van der Waals surface area contributed by atoms with Crippen LogP contribution >= 0.6 is 0 Å². The molecule has 4 rings (SSSR count). The molecule has 27 heavy (non-hydrogen) atoms. The zero-order valence-corrected chi connectivity index (χ0v) is 15.5. The van der Waals surface area contributed by atoms with Gasteiger partial charge < -0.3 is 10.2 Å². The van der Waals surface area contributed by atoms with Crippen LogP contribution in [0.3, 0.4) is 0 Å². The Morgan fingerprint density at radius 3 is 2.67 bits per heavy atom. The zero-order valence-electron chi connectivity index (χ0n) is 15.5. The normalized spacial score (nSPS) is 20.2. The summed E-state index contributed by atoms with van der Waals surface area (Å²) < 4.78 is 13.0. The molecule has 2 aliphatic heterocycles. The van der Waals surface area contributed by atoms with Crippen LogP contribution in [0.15, 0.2) is 48.5 Å². The number of anilines is 1. The molecule has 2 aliphatic rings. The molecule has 1 fully saturated rings. The summed E-state index contributed by atoms with van der Waals surface area (Å²) in [6.07, 6.45) is 3.31. The third kappa shape index (κ3) is 4.48. The summed E-state index contributed by atoms with van der Waals surface area (Å²) in [6.45, 7) is 4.70. The molecule has 0 bridgehead atoms. The molecule has 0 aromatic heterocycles. The summed E-state index contributed by atoms with van der Waals surface area (Å²) in [5.74, 6) is 0.206. The highest BCUT2D eigenvalue weighted by molar-refractivity contribution is 5.89. The summed E-state index contributed by atoms with van der Waals surface area (Å²) in [6, 6.07) is 14.5. The van der Waals surface area contributed by atoms with Crippen molar-refractivity contribution in [2.75, 3.05) is 31.5 Å². The maximum absolute atomic E-state index is 13.0. The average Bonchev–Trinajstić information content (AvgIpc) is 2.70. The lowest BCUT2D eigenvalue weighted by Gasteiger charge is -2.37. The fourth-order valence-corrected chi connectivity index (χ4v) is 4.21. The van der Waals surface area contributed by atoms with Gasteiger partial charge in [-0.15, -0.1) is 0 Å². The van der Waals surface area contributed by atoms with Crippen LogP contribution in [0.2, 0.25) is 0 Å². The fourth-order valence-electron chi connectivity index (χ4n) is 4.21. The van der Waals surface area contributed by atoms with Crippen molar-refractivity contribution in [3.63, 3.8) is 0 Å². The van der Waals surface area contributed by atoms with E-state index >= 15 is 0 Å². The molecular weight excluding hydrogens is 341 g/mol. The van der Waals surface area contributed by atoms with Crippen molar-refractivity contribution in [3.05, 3.63) is 65.5 Å². The molecule has 0 aliphatic carbocycles. The predicted molar refractivity (Wildman–Crippen MR) is 105 cm³/mol. The second-order valence-electron chi connectivity index (χ2n) is 7.65. The predicted octanol–water partition coefficient (Wildman–Crippen LogP) is 4.13. The van der Waals surface area contributed by atoms with Crippen LogP contribution in [-0.4, -0.2) is 42.0 Å². The lowest BCUT2D eigenvalue weighted by atomic mass is 9.95. The first-order chi connectivity index (χ1) is 13.2. The monoisotopic (exact) mass is 367 g/mol. The van der Waals surface area contributed by atoms with Gasteiger partial charge in [0.2, 0.25) is 0 Å². The largest absolute Gasteiger partial charge is 0.324 e. The molecular formula is C22H26FN3O. The molecule has 0 radical (unpaired) electrons. The van der Waals surface area contributed by atoms with Gasteiger partial charge in [0.05, 0.1) is 0 Å². The quantitative estimate of drug-likeness (QED) is 0.885. The van der Waals surface area contributed by atoms with Crippen LogP contribution in [0.5, 0.6) is 0 Å². The van der Waals surface area contributed by atoms with Gasteiger partial charge in [0.1, 0.15) is 5.82 Å². The van der Waals surface area contributed by atoms with Gasteiger partial charge in [0.25, 0.3) is 0 Å². The van der Waals surface area contributed by atoms with Gasteiger partial charge in [-0.3, -0.25) is 4.90 Å². The second-order valence-corrected chi connectivity index (χ2v) is 7.65. The van der Waals surface area contributed by atoms with Gasteiger partial charge in [-0.05, 0) is 60.6 Å². The van der Waals surface area contributed by atoms with Crippen molar-refractivity contribution in [3.8, 4) is 0 Å². The molecule has 5 heteroatoms. The third-order valence-electron chi connectivity index (χ3n) is 5.63. The number of fused-ring (bicyclic) bond motifs is 1. The summed E-state index contributed by atoms with van der Waals surface area (Å²) >= 11 is 0. The Morgan fingerprint density at radius 2 is 1.85 bits per heavy atom. The molecule has 2 aromatic carbocycles. The van der Waals surface area contributed by atoms with Gasteiger partial charge in [-0.25, -0.2) is 9.18 Å². The summed E-state index contributed by atoms with van der Waals surface area (Å²) in [5.41, 5.74) is 3.54. The summed E-state index contributed by atoms with van der Waals surface area (Å²) in [7, 11) is 0.